The predicted octanol–water partition coefficient (Wildman–Crippen LogP) is 7.70. The van der Waals surface area contributed by atoms with E-state index in [0.29, 0.717) is 28.9 Å². The van der Waals surface area contributed by atoms with E-state index < -0.39 is 38.2 Å². The minimum atomic E-state index is -4.40. The number of para-hydroxylation sites is 2. The Morgan fingerprint density at radius 3 is 2.02 bits per heavy atom. The first-order valence-electron chi connectivity index (χ1n) is 20.7. The van der Waals surface area contributed by atoms with Gasteiger partial charge in [-0.1, -0.05) is 103 Å². The maximum Gasteiger partial charge on any atom is 0.247 e. The number of benzene rings is 6. The number of nitriles is 2. The van der Waals surface area contributed by atoms with Gasteiger partial charge in [0, 0.05) is 18.7 Å². The van der Waals surface area contributed by atoms with Crippen LogP contribution in [-0.4, -0.2) is 65.0 Å². The fourth-order valence-corrected chi connectivity index (χ4v) is 12.2. The molecule has 0 radical (unpaired) electrons. The van der Waals surface area contributed by atoms with Gasteiger partial charge in [0.25, 0.3) is 0 Å². The molecule has 2 aliphatic rings. The number of rotatable bonds is 11. The Kier molecular flexibility index (Phi) is 13.3. The number of nitrogens with zero attached hydrogens (tertiary/aromatic N) is 4. The van der Waals surface area contributed by atoms with Gasteiger partial charge in [-0.15, -0.1) is 0 Å². The fraction of sp³-hybridized carbons (Fsp3) is 0.240. The first-order chi connectivity index (χ1) is 31.1. The van der Waals surface area contributed by atoms with E-state index in [2.05, 4.69) is 12.1 Å². The van der Waals surface area contributed by atoms with Gasteiger partial charge in [0.2, 0.25) is 20.0 Å². The molecule has 0 amide bonds. The second-order valence-electron chi connectivity index (χ2n) is 15.6. The molecule has 0 aliphatic carbocycles. The number of hydrogen-bond acceptors (Lipinski definition) is 10. The smallest absolute Gasteiger partial charge is 0.247 e. The summed E-state index contributed by atoms with van der Waals surface area (Å²) in [4.78, 5) is -0.136. The van der Waals surface area contributed by atoms with Crippen LogP contribution in [0, 0.1) is 22.7 Å². The number of methoxy groups -OCH3 is 2. The lowest BCUT2D eigenvalue weighted by Gasteiger charge is -2.37. The van der Waals surface area contributed by atoms with Gasteiger partial charge < -0.3 is 18.9 Å². The zero-order chi connectivity index (χ0) is 44.8. The van der Waals surface area contributed by atoms with Gasteiger partial charge in [0.05, 0.1) is 69.4 Å². The number of fused-ring (bicyclic) bond motifs is 2. The van der Waals surface area contributed by atoms with Crippen LogP contribution < -0.4 is 9.47 Å². The lowest BCUT2D eigenvalue weighted by molar-refractivity contribution is 0.0351. The van der Waals surface area contributed by atoms with E-state index in [1.54, 1.807) is 66.7 Å². The summed E-state index contributed by atoms with van der Waals surface area (Å²) in [6.07, 6.45) is -0.468. The second-order valence-corrected chi connectivity index (χ2v) is 19.3. The molecule has 0 aromatic heterocycles. The lowest BCUT2D eigenvalue weighted by Crippen LogP contribution is -2.46. The molecule has 2 heterocycles. The molecule has 14 heteroatoms. The highest BCUT2D eigenvalue weighted by molar-refractivity contribution is 7.89. The third-order valence-electron chi connectivity index (χ3n) is 11.8. The quantitative estimate of drug-likeness (QED) is 0.126. The van der Waals surface area contributed by atoms with Gasteiger partial charge in [-0.2, -0.15) is 19.1 Å². The van der Waals surface area contributed by atoms with Gasteiger partial charge in [0.15, 0.2) is 0 Å². The molecule has 326 valence electrons. The van der Waals surface area contributed by atoms with Crippen molar-refractivity contribution in [3.05, 3.63) is 190 Å². The van der Waals surface area contributed by atoms with Crippen LogP contribution in [0.25, 0.3) is 0 Å². The van der Waals surface area contributed by atoms with Crippen LogP contribution in [0.5, 0.6) is 11.5 Å². The van der Waals surface area contributed by atoms with Crippen LogP contribution in [0.2, 0.25) is 0 Å². The van der Waals surface area contributed by atoms with Crippen LogP contribution in [0.3, 0.4) is 0 Å². The van der Waals surface area contributed by atoms with Crippen LogP contribution in [-0.2, 0) is 62.1 Å². The molecular weight excluding hydrogens is 849 g/mol. The van der Waals surface area contributed by atoms with Gasteiger partial charge in [-0.3, -0.25) is 0 Å². The molecule has 0 bridgehead atoms. The van der Waals surface area contributed by atoms with E-state index in [0.717, 1.165) is 22.3 Å². The summed E-state index contributed by atoms with van der Waals surface area (Å²) in [5.41, 5.74) is 5.25. The van der Waals surface area contributed by atoms with E-state index >= 15 is 8.42 Å². The third kappa shape index (κ3) is 8.90. The summed E-state index contributed by atoms with van der Waals surface area (Å²) >= 11 is 0. The Labute approximate surface area is 374 Å². The average Bonchev–Trinajstić information content (AvgIpc) is 3.31. The molecule has 2 aliphatic heterocycles. The van der Waals surface area contributed by atoms with Crippen molar-refractivity contribution in [2.45, 2.75) is 60.5 Å². The first kappa shape index (κ1) is 44.3. The number of hydrogen-bond donors (Lipinski definition) is 0. The zero-order valence-corrected chi connectivity index (χ0v) is 37.0. The Bertz CT molecular complexity index is 2970. The molecule has 64 heavy (non-hydrogen) atoms. The van der Waals surface area contributed by atoms with Crippen LogP contribution in [0.15, 0.2) is 149 Å². The maximum absolute atomic E-state index is 15.4. The minimum absolute atomic E-state index is 0.0310. The van der Waals surface area contributed by atoms with E-state index in [-0.39, 0.29) is 66.0 Å². The van der Waals surface area contributed by atoms with Crippen LogP contribution in [0.4, 0.5) is 0 Å². The molecule has 0 spiro atoms. The molecule has 6 aromatic rings. The third-order valence-corrected chi connectivity index (χ3v) is 15.7. The van der Waals surface area contributed by atoms with Crippen molar-refractivity contribution in [1.29, 1.82) is 10.5 Å². The average molecular weight is 895 g/mol. The molecular formula is C50H46N4O8S2. The molecule has 0 saturated carbocycles. The molecule has 0 N–H and O–H groups in total. The molecule has 3 unspecified atom stereocenters. The summed E-state index contributed by atoms with van der Waals surface area (Å²) in [5.74, 6) is 0.215. The fourth-order valence-electron chi connectivity index (χ4n) is 8.65. The van der Waals surface area contributed by atoms with E-state index in [1.807, 2.05) is 60.7 Å². The van der Waals surface area contributed by atoms with Gasteiger partial charge in [-0.05, 0) is 82.6 Å². The standard InChI is InChI=1S/C50H46N4O8S2/c1-59-46-22-8-9-23-47(46)63(55,56)54-31-45-38(29-52)19-11-20-43(45)49(62-34-42(54)26-35-13-4-3-5-14-35)44-21-12-24-48(50(44)60-2)64(57,58)53-30-39-17-6-7-18-40(39)32-61-33-41(53)27-36-15-10-16-37(25-36)28-51/h3-25,41-42,49H,26-27,30-34H2,1-2H3. The normalized spacial score (nSPS) is 18.4. The largest absolute Gasteiger partial charge is 0.495 e. The lowest BCUT2D eigenvalue weighted by atomic mass is 9.91. The van der Waals surface area contributed by atoms with Crippen molar-refractivity contribution >= 4 is 20.0 Å². The molecule has 6 aromatic carbocycles. The highest BCUT2D eigenvalue weighted by atomic mass is 32.2. The number of sulfonamides is 2. The van der Waals surface area contributed by atoms with Gasteiger partial charge >= 0.3 is 0 Å². The molecule has 12 nitrogen and oxygen atoms in total. The zero-order valence-electron chi connectivity index (χ0n) is 35.3. The van der Waals surface area contributed by atoms with E-state index in [1.165, 1.54) is 35.0 Å². The number of ether oxygens (including phenoxy) is 4. The molecule has 0 saturated heterocycles. The Hall–Kier alpha value is -6.36. The van der Waals surface area contributed by atoms with Crippen molar-refractivity contribution in [2.75, 3.05) is 27.4 Å². The topological polar surface area (TPSA) is 159 Å². The Morgan fingerprint density at radius 2 is 1.25 bits per heavy atom. The SMILES string of the molecule is COc1ccccc1S(=O)(=O)N1Cc2c(C#N)cccc2C(c2cccc(S(=O)(=O)N3Cc4ccccc4COCC3Cc3cccc(C#N)c3)c2OC)OCC1Cc1ccccc1. The van der Waals surface area contributed by atoms with Crippen molar-refractivity contribution in [3.63, 3.8) is 0 Å². The first-order valence-corrected chi connectivity index (χ1v) is 23.6. The Morgan fingerprint density at radius 1 is 0.625 bits per heavy atom. The summed E-state index contributed by atoms with van der Waals surface area (Å²) in [6.45, 7) is 0.125. The van der Waals surface area contributed by atoms with Crippen molar-refractivity contribution in [1.82, 2.24) is 8.61 Å². The van der Waals surface area contributed by atoms with Gasteiger partial charge in [-0.25, -0.2) is 16.8 Å². The van der Waals surface area contributed by atoms with Crippen LogP contribution >= 0.6 is 0 Å². The van der Waals surface area contributed by atoms with Crippen LogP contribution in [0.1, 0.15) is 56.2 Å². The van der Waals surface area contributed by atoms with Gasteiger partial charge in [0.1, 0.15) is 27.4 Å². The summed E-state index contributed by atoms with van der Waals surface area (Å²) in [6, 6.07) is 43.5. The van der Waals surface area contributed by atoms with E-state index in [4.69, 9.17) is 18.9 Å². The van der Waals surface area contributed by atoms with Crippen molar-refractivity contribution in [3.8, 4) is 23.6 Å². The van der Waals surface area contributed by atoms with E-state index in [9.17, 15) is 18.9 Å². The highest BCUT2D eigenvalue weighted by Gasteiger charge is 2.41. The maximum atomic E-state index is 15.4. The summed E-state index contributed by atoms with van der Waals surface area (Å²) < 4.78 is 88.2. The minimum Gasteiger partial charge on any atom is -0.495 e. The monoisotopic (exact) mass is 894 g/mol. The molecule has 8 rings (SSSR count). The van der Waals surface area contributed by atoms with Crippen molar-refractivity contribution in [2.24, 2.45) is 0 Å². The second kappa shape index (κ2) is 19.2. The highest BCUT2D eigenvalue weighted by Crippen LogP contribution is 2.43. The summed E-state index contributed by atoms with van der Waals surface area (Å²) in [7, 11) is -5.87. The summed E-state index contributed by atoms with van der Waals surface area (Å²) in [5, 5.41) is 20.2. The Balaban J connectivity index is 1.26. The predicted molar refractivity (Wildman–Crippen MR) is 239 cm³/mol. The van der Waals surface area contributed by atoms with Crippen molar-refractivity contribution < 1.29 is 35.8 Å². The molecule has 0 fully saturated rings. The molecule has 3 atom stereocenters.